The number of hydrogen-bond acceptors (Lipinski definition) is 4. The van der Waals surface area contributed by atoms with Gasteiger partial charge in [0.05, 0.1) is 5.56 Å². The molecule has 1 unspecified atom stereocenters. The van der Waals surface area contributed by atoms with E-state index < -0.39 is 12.1 Å². The van der Waals surface area contributed by atoms with Gasteiger partial charge in [-0.3, -0.25) is 9.59 Å². The number of amides is 2. The summed E-state index contributed by atoms with van der Waals surface area (Å²) in [5, 5.41) is 0.518. The Labute approximate surface area is 151 Å². The highest BCUT2D eigenvalue weighted by atomic mass is 35.5. The maximum atomic E-state index is 12.8. The van der Waals surface area contributed by atoms with Crippen molar-refractivity contribution in [1.82, 2.24) is 9.80 Å². The Kier molecular flexibility index (Phi) is 4.81. The molecule has 25 heavy (non-hydrogen) atoms. The number of carbonyl (C=O) groups excluding carboxylic acids is 3. The van der Waals surface area contributed by atoms with Crippen LogP contribution in [-0.4, -0.2) is 59.4 Å². The molecule has 2 heterocycles. The lowest BCUT2D eigenvalue weighted by Crippen LogP contribution is -2.58. The number of benzene rings is 1. The van der Waals surface area contributed by atoms with Crippen LogP contribution in [0.4, 0.5) is 0 Å². The van der Waals surface area contributed by atoms with E-state index in [0.29, 0.717) is 36.6 Å². The van der Waals surface area contributed by atoms with Crippen molar-refractivity contribution in [1.29, 1.82) is 0 Å². The second kappa shape index (κ2) is 6.88. The minimum atomic E-state index is -0.859. The molecular formula is C18H19ClN2O4. The number of fused-ring (bicyclic) bond motifs is 1. The van der Waals surface area contributed by atoms with Gasteiger partial charge in [0.15, 0.2) is 6.10 Å². The van der Waals surface area contributed by atoms with E-state index in [1.165, 1.54) is 6.08 Å². The molecule has 2 atom stereocenters. The molecule has 7 heteroatoms. The minimum Gasteiger partial charge on any atom is -0.448 e. The summed E-state index contributed by atoms with van der Waals surface area (Å²) in [4.78, 5) is 40.0. The van der Waals surface area contributed by atoms with Crippen molar-refractivity contribution in [2.45, 2.75) is 25.5 Å². The zero-order chi connectivity index (χ0) is 18.1. The zero-order valence-corrected chi connectivity index (χ0v) is 14.7. The van der Waals surface area contributed by atoms with Crippen LogP contribution in [0.15, 0.2) is 30.9 Å². The Hall–Kier alpha value is -2.34. The van der Waals surface area contributed by atoms with E-state index in [2.05, 4.69) is 6.58 Å². The van der Waals surface area contributed by atoms with Crippen LogP contribution >= 0.6 is 11.6 Å². The monoisotopic (exact) mass is 362 g/mol. The molecule has 1 aromatic rings. The lowest BCUT2D eigenvalue weighted by molar-refractivity contribution is -0.148. The van der Waals surface area contributed by atoms with Gasteiger partial charge < -0.3 is 14.5 Å². The van der Waals surface area contributed by atoms with Gasteiger partial charge in [-0.1, -0.05) is 18.2 Å². The third-order valence-corrected chi connectivity index (χ3v) is 4.85. The Balaban J connectivity index is 1.73. The normalized spacial score (nSPS) is 22.9. The van der Waals surface area contributed by atoms with Gasteiger partial charge in [-0.15, -0.1) is 0 Å². The number of esters is 1. The van der Waals surface area contributed by atoms with Crippen molar-refractivity contribution in [2.24, 2.45) is 0 Å². The molecule has 2 aliphatic rings. The number of nitrogens with zero attached hydrogens (tertiary/aromatic N) is 2. The first-order chi connectivity index (χ1) is 11.9. The number of ether oxygens (including phenoxy) is 1. The molecule has 0 aromatic heterocycles. The standard InChI is InChI=1S/C18H19ClN2O4/c1-3-16(22)20-6-7-21(11(2)10-20)17(23)15-9-12-8-13(19)4-5-14(12)18(24)25-15/h3-5,8,11,15H,1,6-7,9-10H2,2H3/t11-,15?/m0/s1. The molecule has 2 aliphatic heterocycles. The van der Waals surface area contributed by atoms with Crippen LogP contribution < -0.4 is 0 Å². The van der Waals surface area contributed by atoms with E-state index in [1.807, 2.05) is 6.92 Å². The number of hydrogen-bond donors (Lipinski definition) is 0. The topological polar surface area (TPSA) is 66.9 Å². The Morgan fingerprint density at radius 1 is 1.36 bits per heavy atom. The van der Waals surface area contributed by atoms with Crippen LogP contribution in [0.1, 0.15) is 22.8 Å². The molecule has 3 rings (SSSR count). The summed E-state index contributed by atoms with van der Waals surface area (Å²) >= 11 is 5.99. The van der Waals surface area contributed by atoms with Crippen LogP contribution in [0, 0.1) is 0 Å². The summed E-state index contributed by atoms with van der Waals surface area (Å²) in [5.74, 6) is -0.895. The SMILES string of the molecule is C=CC(=O)N1CCN(C(=O)C2Cc3cc(Cl)ccc3C(=O)O2)[C@@H](C)C1. The van der Waals surface area contributed by atoms with Crippen molar-refractivity contribution in [3.63, 3.8) is 0 Å². The lowest BCUT2D eigenvalue weighted by Gasteiger charge is -2.41. The highest BCUT2D eigenvalue weighted by Crippen LogP contribution is 2.26. The van der Waals surface area contributed by atoms with Gasteiger partial charge in [-0.2, -0.15) is 0 Å². The van der Waals surface area contributed by atoms with E-state index in [0.717, 1.165) is 5.56 Å². The molecule has 1 saturated heterocycles. The second-order valence-corrected chi connectivity index (χ2v) is 6.71. The maximum absolute atomic E-state index is 12.8. The van der Waals surface area contributed by atoms with E-state index in [-0.39, 0.29) is 17.9 Å². The molecule has 0 saturated carbocycles. The highest BCUT2D eigenvalue weighted by molar-refractivity contribution is 6.30. The summed E-state index contributed by atoms with van der Waals surface area (Å²) in [6.45, 7) is 6.62. The van der Waals surface area contributed by atoms with E-state index >= 15 is 0 Å². The summed E-state index contributed by atoms with van der Waals surface area (Å²) in [6, 6.07) is 4.77. The number of halogens is 1. The number of carbonyl (C=O) groups is 3. The molecule has 0 radical (unpaired) electrons. The predicted octanol–water partition coefficient (Wildman–Crippen LogP) is 1.67. The van der Waals surface area contributed by atoms with E-state index in [4.69, 9.17) is 16.3 Å². The Morgan fingerprint density at radius 2 is 2.12 bits per heavy atom. The Morgan fingerprint density at radius 3 is 2.80 bits per heavy atom. The number of rotatable bonds is 2. The van der Waals surface area contributed by atoms with Crippen molar-refractivity contribution >= 4 is 29.4 Å². The van der Waals surface area contributed by atoms with Crippen molar-refractivity contribution < 1.29 is 19.1 Å². The lowest BCUT2D eigenvalue weighted by atomic mass is 9.97. The molecule has 0 aliphatic carbocycles. The fraction of sp³-hybridized carbons (Fsp3) is 0.389. The van der Waals surface area contributed by atoms with Crippen LogP contribution in [0.2, 0.25) is 5.02 Å². The van der Waals surface area contributed by atoms with Gasteiger partial charge in [0.2, 0.25) is 5.91 Å². The van der Waals surface area contributed by atoms with E-state index in [1.54, 1.807) is 28.0 Å². The molecule has 0 spiro atoms. The van der Waals surface area contributed by atoms with Crippen LogP contribution in [0.5, 0.6) is 0 Å². The molecule has 0 N–H and O–H groups in total. The van der Waals surface area contributed by atoms with Crippen molar-refractivity contribution in [2.75, 3.05) is 19.6 Å². The maximum Gasteiger partial charge on any atom is 0.339 e. The molecular weight excluding hydrogens is 344 g/mol. The third kappa shape index (κ3) is 3.39. The first kappa shape index (κ1) is 17.5. The van der Waals surface area contributed by atoms with Gasteiger partial charge in [0, 0.05) is 37.1 Å². The zero-order valence-electron chi connectivity index (χ0n) is 13.9. The molecule has 2 amide bonds. The fourth-order valence-electron chi connectivity index (χ4n) is 3.30. The minimum absolute atomic E-state index is 0.147. The van der Waals surface area contributed by atoms with Crippen LogP contribution in [0.25, 0.3) is 0 Å². The van der Waals surface area contributed by atoms with Gasteiger partial charge in [0.1, 0.15) is 0 Å². The molecule has 1 fully saturated rings. The van der Waals surface area contributed by atoms with E-state index in [9.17, 15) is 14.4 Å². The number of piperazine rings is 1. The largest absolute Gasteiger partial charge is 0.448 e. The van der Waals surface area contributed by atoms with Gasteiger partial charge in [0.25, 0.3) is 5.91 Å². The fourth-order valence-corrected chi connectivity index (χ4v) is 3.50. The van der Waals surface area contributed by atoms with Crippen molar-refractivity contribution in [3.8, 4) is 0 Å². The number of cyclic esters (lactones) is 1. The van der Waals surface area contributed by atoms with Gasteiger partial charge in [-0.05, 0) is 36.8 Å². The molecule has 0 bridgehead atoms. The first-order valence-electron chi connectivity index (χ1n) is 8.12. The molecule has 1 aromatic carbocycles. The van der Waals surface area contributed by atoms with Crippen LogP contribution in [0.3, 0.4) is 0 Å². The summed E-state index contributed by atoms with van der Waals surface area (Å²) < 4.78 is 5.34. The quantitative estimate of drug-likeness (QED) is 0.593. The smallest absolute Gasteiger partial charge is 0.339 e. The van der Waals surface area contributed by atoms with Crippen LogP contribution in [-0.2, 0) is 20.7 Å². The van der Waals surface area contributed by atoms with Gasteiger partial charge in [-0.25, -0.2) is 4.79 Å². The Bertz CT molecular complexity index is 749. The summed E-state index contributed by atoms with van der Waals surface area (Å²) in [5.41, 5.74) is 1.16. The average Bonchev–Trinajstić information content (AvgIpc) is 2.59. The summed E-state index contributed by atoms with van der Waals surface area (Å²) in [6.07, 6.45) is 0.717. The third-order valence-electron chi connectivity index (χ3n) is 4.61. The predicted molar refractivity (Wildman–Crippen MR) is 92.3 cm³/mol. The van der Waals surface area contributed by atoms with Gasteiger partial charge >= 0.3 is 5.97 Å². The molecule has 6 nitrogen and oxygen atoms in total. The first-order valence-corrected chi connectivity index (χ1v) is 8.49. The molecule has 132 valence electrons. The van der Waals surface area contributed by atoms with Crippen molar-refractivity contribution in [3.05, 3.63) is 47.0 Å². The summed E-state index contributed by atoms with van der Waals surface area (Å²) in [7, 11) is 0. The second-order valence-electron chi connectivity index (χ2n) is 6.27. The highest BCUT2D eigenvalue weighted by Gasteiger charge is 2.37. The average molecular weight is 363 g/mol.